The van der Waals surface area contributed by atoms with Crippen LogP contribution in [0, 0.1) is 0 Å². The zero-order valence-electron chi connectivity index (χ0n) is 9.52. The molecule has 0 spiro atoms. The van der Waals surface area contributed by atoms with E-state index < -0.39 is 0 Å². The van der Waals surface area contributed by atoms with Crippen molar-refractivity contribution in [3.8, 4) is 5.75 Å². The Labute approximate surface area is 107 Å². The minimum absolute atomic E-state index is 0.207. The highest BCUT2D eigenvalue weighted by Gasteiger charge is 2.19. The molecule has 0 bridgehead atoms. The number of hydrogen-bond acceptors (Lipinski definition) is 5. The summed E-state index contributed by atoms with van der Waals surface area (Å²) < 4.78 is 5.95. The second-order valence-electron chi connectivity index (χ2n) is 3.34. The molecule has 0 atom stereocenters. The largest absolute Gasteiger partial charge is 0.507 e. The molecule has 0 saturated carbocycles. The van der Waals surface area contributed by atoms with Crippen LogP contribution in [0.5, 0.6) is 5.75 Å². The molecular formula is C12H12O3S2. The van der Waals surface area contributed by atoms with Crippen LogP contribution in [0.1, 0.15) is 16.6 Å². The SMILES string of the molecule is CCOC(=O)c1sc(SC)c2c(O)cccc12. The van der Waals surface area contributed by atoms with Crippen molar-refractivity contribution in [1.29, 1.82) is 0 Å². The van der Waals surface area contributed by atoms with Crippen LogP contribution < -0.4 is 0 Å². The second-order valence-corrected chi connectivity index (χ2v) is 5.44. The number of rotatable bonds is 3. The molecule has 3 nitrogen and oxygen atoms in total. The summed E-state index contributed by atoms with van der Waals surface area (Å²) in [4.78, 5) is 12.4. The molecule has 1 aromatic heterocycles. The van der Waals surface area contributed by atoms with E-state index in [1.165, 1.54) is 23.1 Å². The average Bonchev–Trinajstić information content (AvgIpc) is 2.69. The van der Waals surface area contributed by atoms with E-state index in [1.807, 2.05) is 12.3 Å². The summed E-state index contributed by atoms with van der Waals surface area (Å²) >= 11 is 2.88. The van der Waals surface area contributed by atoms with Gasteiger partial charge < -0.3 is 9.84 Å². The maximum Gasteiger partial charge on any atom is 0.348 e. The fraction of sp³-hybridized carbons (Fsp3) is 0.250. The standard InChI is InChI=1S/C12H12O3S2/c1-3-15-11(14)10-7-5-4-6-8(13)9(7)12(16-2)17-10/h4-6,13H,3H2,1-2H3. The summed E-state index contributed by atoms with van der Waals surface area (Å²) in [5, 5.41) is 11.4. The van der Waals surface area contributed by atoms with E-state index in [0.717, 1.165) is 15.0 Å². The molecule has 0 unspecified atom stereocenters. The summed E-state index contributed by atoms with van der Waals surface area (Å²) in [6, 6.07) is 5.19. The molecule has 1 heterocycles. The highest BCUT2D eigenvalue weighted by atomic mass is 32.2. The first kappa shape index (κ1) is 12.3. The molecular weight excluding hydrogens is 256 g/mol. The van der Waals surface area contributed by atoms with Gasteiger partial charge in [-0.3, -0.25) is 0 Å². The van der Waals surface area contributed by atoms with Crippen LogP contribution in [0.15, 0.2) is 22.4 Å². The summed E-state index contributed by atoms with van der Waals surface area (Å²) in [6.07, 6.45) is 1.92. The van der Waals surface area contributed by atoms with Gasteiger partial charge in [-0.2, -0.15) is 0 Å². The smallest absolute Gasteiger partial charge is 0.348 e. The molecule has 2 aromatic rings. The van der Waals surface area contributed by atoms with Crippen LogP contribution >= 0.6 is 23.1 Å². The van der Waals surface area contributed by atoms with E-state index >= 15 is 0 Å². The van der Waals surface area contributed by atoms with Crippen LogP contribution in [0.25, 0.3) is 10.8 Å². The molecule has 2 rings (SSSR count). The van der Waals surface area contributed by atoms with Crippen molar-refractivity contribution >= 4 is 39.8 Å². The first-order valence-corrected chi connectivity index (χ1v) is 7.18. The highest BCUT2D eigenvalue weighted by molar-refractivity contribution is 8.00. The predicted octanol–water partition coefficient (Wildman–Crippen LogP) is 3.51. The quantitative estimate of drug-likeness (QED) is 0.683. The zero-order valence-corrected chi connectivity index (χ0v) is 11.2. The number of carbonyl (C=O) groups is 1. The van der Waals surface area contributed by atoms with Gasteiger partial charge in [0, 0.05) is 10.8 Å². The molecule has 1 aromatic carbocycles. The van der Waals surface area contributed by atoms with Crippen molar-refractivity contribution in [3.05, 3.63) is 23.1 Å². The number of aromatic hydroxyl groups is 1. The number of thioether (sulfide) groups is 1. The summed E-state index contributed by atoms with van der Waals surface area (Å²) in [5.74, 6) is -0.118. The fourth-order valence-corrected chi connectivity index (χ4v) is 3.56. The minimum atomic E-state index is -0.326. The first-order valence-electron chi connectivity index (χ1n) is 5.14. The van der Waals surface area contributed by atoms with Crippen LogP contribution in [0.2, 0.25) is 0 Å². The lowest BCUT2D eigenvalue weighted by Gasteiger charge is -1.99. The monoisotopic (exact) mass is 268 g/mol. The summed E-state index contributed by atoms with van der Waals surface area (Å²) in [7, 11) is 0. The third-order valence-electron chi connectivity index (χ3n) is 2.33. The predicted molar refractivity (Wildman–Crippen MR) is 71.2 cm³/mol. The molecule has 0 aliphatic heterocycles. The van der Waals surface area contributed by atoms with Crippen molar-refractivity contribution in [2.45, 2.75) is 11.1 Å². The van der Waals surface area contributed by atoms with Crippen LogP contribution in [-0.4, -0.2) is 23.9 Å². The van der Waals surface area contributed by atoms with E-state index in [4.69, 9.17) is 4.74 Å². The molecule has 0 fully saturated rings. The van der Waals surface area contributed by atoms with Crippen molar-refractivity contribution in [3.63, 3.8) is 0 Å². The number of hydrogen-bond donors (Lipinski definition) is 1. The van der Waals surface area contributed by atoms with Gasteiger partial charge in [-0.15, -0.1) is 23.1 Å². The van der Waals surface area contributed by atoms with Gasteiger partial charge >= 0.3 is 5.97 Å². The van der Waals surface area contributed by atoms with Crippen molar-refractivity contribution in [2.24, 2.45) is 0 Å². The Balaban J connectivity index is 2.65. The van der Waals surface area contributed by atoms with Crippen LogP contribution in [0.4, 0.5) is 0 Å². The number of phenolic OH excluding ortho intramolecular Hbond substituents is 1. The Morgan fingerprint density at radius 3 is 2.94 bits per heavy atom. The number of fused-ring (bicyclic) bond motifs is 1. The normalized spacial score (nSPS) is 10.7. The Hall–Kier alpha value is -1.20. The number of carbonyl (C=O) groups excluding carboxylic acids is 1. The van der Waals surface area contributed by atoms with E-state index in [2.05, 4.69) is 0 Å². The minimum Gasteiger partial charge on any atom is -0.507 e. The topological polar surface area (TPSA) is 46.5 Å². The molecule has 17 heavy (non-hydrogen) atoms. The lowest BCUT2D eigenvalue weighted by molar-refractivity contribution is 0.0534. The molecule has 0 radical (unpaired) electrons. The number of phenols is 1. The third-order valence-corrected chi connectivity index (χ3v) is 4.64. The number of benzene rings is 1. The van der Waals surface area contributed by atoms with Gasteiger partial charge in [-0.25, -0.2) is 4.79 Å². The van der Waals surface area contributed by atoms with E-state index in [-0.39, 0.29) is 11.7 Å². The molecule has 0 aliphatic carbocycles. The van der Waals surface area contributed by atoms with Gasteiger partial charge in [-0.05, 0) is 19.2 Å². The Morgan fingerprint density at radius 1 is 1.53 bits per heavy atom. The van der Waals surface area contributed by atoms with Crippen molar-refractivity contribution in [2.75, 3.05) is 12.9 Å². The van der Waals surface area contributed by atoms with Gasteiger partial charge in [0.25, 0.3) is 0 Å². The highest BCUT2D eigenvalue weighted by Crippen LogP contribution is 2.41. The van der Waals surface area contributed by atoms with E-state index in [1.54, 1.807) is 19.1 Å². The van der Waals surface area contributed by atoms with Gasteiger partial charge in [0.2, 0.25) is 0 Å². The van der Waals surface area contributed by atoms with Gasteiger partial charge in [0.1, 0.15) is 10.6 Å². The lowest BCUT2D eigenvalue weighted by atomic mass is 10.2. The second kappa shape index (κ2) is 4.98. The van der Waals surface area contributed by atoms with Gasteiger partial charge in [-0.1, -0.05) is 12.1 Å². The molecule has 5 heteroatoms. The Bertz CT molecular complexity index is 560. The number of thiophene rings is 1. The molecule has 1 N–H and O–H groups in total. The fourth-order valence-electron chi connectivity index (χ4n) is 1.63. The first-order chi connectivity index (χ1) is 8.19. The zero-order chi connectivity index (χ0) is 12.4. The maximum atomic E-state index is 11.8. The average molecular weight is 268 g/mol. The lowest BCUT2D eigenvalue weighted by Crippen LogP contribution is -2.02. The van der Waals surface area contributed by atoms with Gasteiger partial charge in [0.05, 0.1) is 10.8 Å². The number of esters is 1. The van der Waals surface area contributed by atoms with Crippen LogP contribution in [-0.2, 0) is 4.74 Å². The molecule has 0 saturated heterocycles. The Morgan fingerprint density at radius 2 is 2.29 bits per heavy atom. The van der Waals surface area contributed by atoms with E-state index in [0.29, 0.717) is 11.5 Å². The number of ether oxygens (including phenoxy) is 1. The summed E-state index contributed by atoms with van der Waals surface area (Å²) in [6.45, 7) is 2.13. The van der Waals surface area contributed by atoms with Crippen LogP contribution in [0.3, 0.4) is 0 Å². The molecule has 0 amide bonds. The molecule has 90 valence electrons. The van der Waals surface area contributed by atoms with E-state index in [9.17, 15) is 9.90 Å². The Kier molecular flexibility index (Phi) is 3.59. The van der Waals surface area contributed by atoms with Crippen molar-refractivity contribution in [1.82, 2.24) is 0 Å². The van der Waals surface area contributed by atoms with Gasteiger partial charge in [0.15, 0.2) is 0 Å². The van der Waals surface area contributed by atoms with Crippen molar-refractivity contribution < 1.29 is 14.6 Å². The summed E-state index contributed by atoms with van der Waals surface area (Å²) in [5.41, 5.74) is 0. The third kappa shape index (κ3) is 2.12. The maximum absolute atomic E-state index is 11.8. The molecule has 0 aliphatic rings.